The third-order valence-corrected chi connectivity index (χ3v) is 5.95. The van der Waals surface area contributed by atoms with E-state index in [-0.39, 0.29) is 18.2 Å². The van der Waals surface area contributed by atoms with Gasteiger partial charge in [-0.3, -0.25) is 4.79 Å². The predicted molar refractivity (Wildman–Crippen MR) is 105 cm³/mol. The number of fused-ring (bicyclic) bond motifs is 3. The minimum atomic E-state index is -1.28. The van der Waals surface area contributed by atoms with Gasteiger partial charge in [0.05, 0.1) is 6.61 Å². The standard InChI is InChI=1S/C23H23FO5/c1-23(2)17-9-14(29-11-20(27)19(26)10-25)5-6-15(17)22(28)21-16-8-13(24)4-3-12(16)7-18(21)23/h3-6,8-9,19-20,25-27H,7,10-11H2,1-2H3/t19-,20-/m1/s1. The van der Waals surface area contributed by atoms with Crippen LogP contribution in [0.4, 0.5) is 4.39 Å². The summed E-state index contributed by atoms with van der Waals surface area (Å²) in [5, 5.41) is 28.2. The molecule has 2 aromatic rings. The molecule has 0 unspecified atom stereocenters. The van der Waals surface area contributed by atoms with Gasteiger partial charge in [-0.15, -0.1) is 0 Å². The number of carbonyl (C=O) groups excluding carboxylic acids is 1. The van der Waals surface area contributed by atoms with Gasteiger partial charge >= 0.3 is 0 Å². The van der Waals surface area contributed by atoms with Crippen LogP contribution in [0, 0.1) is 5.82 Å². The van der Waals surface area contributed by atoms with E-state index in [1.54, 1.807) is 24.3 Å². The highest BCUT2D eigenvalue weighted by Gasteiger charge is 2.43. The second-order valence-electron chi connectivity index (χ2n) is 8.12. The van der Waals surface area contributed by atoms with Gasteiger partial charge in [-0.1, -0.05) is 19.9 Å². The zero-order valence-electron chi connectivity index (χ0n) is 16.3. The van der Waals surface area contributed by atoms with E-state index >= 15 is 0 Å². The summed E-state index contributed by atoms with van der Waals surface area (Å²) in [4.78, 5) is 13.2. The van der Waals surface area contributed by atoms with E-state index in [9.17, 15) is 19.4 Å². The lowest BCUT2D eigenvalue weighted by Crippen LogP contribution is -2.34. The van der Waals surface area contributed by atoms with Crippen LogP contribution in [0.1, 0.15) is 40.9 Å². The largest absolute Gasteiger partial charge is 0.491 e. The maximum Gasteiger partial charge on any atom is 0.193 e. The summed E-state index contributed by atoms with van der Waals surface area (Å²) in [6.07, 6.45) is -1.91. The molecule has 0 aliphatic heterocycles. The maximum atomic E-state index is 13.8. The second kappa shape index (κ2) is 7.06. The Balaban J connectivity index is 1.69. The molecule has 0 saturated carbocycles. The number of hydrogen-bond donors (Lipinski definition) is 3. The molecule has 0 aromatic heterocycles. The first-order valence-electron chi connectivity index (χ1n) is 9.55. The van der Waals surface area contributed by atoms with E-state index in [4.69, 9.17) is 9.84 Å². The fourth-order valence-electron chi connectivity index (χ4n) is 4.21. The fourth-order valence-corrected chi connectivity index (χ4v) is 4.21. The van der Waals surface area contributed by atoms with Gasteiger partial charge in [0.2, 0.25) is 0 Å². The molecule has 0 fully saturated rings. The van der Waals surface area contributed by atoms with Crippen LogP contribution in [0.5, 0.6) is 5.75 Å². The smallest absolute Gasteiger partial charge is 0.193 e. The summed E-state index contributed by atoms with van der Waals surface area (Å²) < 4.78 is 19.4. The van der Waals surface area contributed by atoms with Gasteiger partial charge in [0.25, 0.3) is 0 Å². The van der Waals surface area contributed by atoms with Gasteiger partial charge < -0.3 is 20.1 Å². The Hall–Kier alpha value is -2.54. The lowest BCUT2D eigenvalue weighted by molar-refractivity contribution is -0.0339. The van der Waals surface area contributed by atoms with Gasteiger partial charge in [-0.2, -0.15) is 0 Å². The van der Waals surface area contributed by atoms with E-state index in [1.165, 1.54) is 12.1 Å². The van der Waals surface area contributed by atoms with Crippen molar-refractivity contribution >= 4 is 11.4 Å². The molecule has 2 aliphatic rings. The van der Waals surface area contributed by atoms with Gasteiger partial charge in [0.1, 0.15) is 30.4 Å². The monoisotopic (exact) mass is 398 g/mol. The number of aliphatic hydroxyl groups is 3. The van der Waals surface area contributed by atoms with Crippen molar-refractivity contribution in [1.29, 1.82) is 0 Å². The van der Waals surface area contributed by atoms with Gasteiger partial charge in [-0.05, 0) is 59.0 Å². The van der Waals surface area contributed by atoms with E-state index in [0.29, 0.717) is 28.9 Å². The maximum absolute atomic E-state index is 13.8. The zero-order chi connectivity index (χ0) is 20.9. The van der Waals surface area contributed by atoms with Crippen molar-refractivity contribution in [3.05, 3.63) is 70.0 Å². The van der Waals surface area contributed by atoms with Crippen molar-refractivity contribution in [3.63, 3.8) is 0 Å². The Morgan fingerprint density at radius 1 is 1.10 bits per heavy atom. The summed E-state index contributed by atoms with van der Waals surface area (Å²) >= 11 is 0. The highest BCUT2D eigenvalue weighted by Crippen LogP contribution is 2.50. The molecule has 0 saturated heterocycles. The van der Waals surface area contributed by atoms with Gasteiger partial charge in [0, 0.05) is 16.6 Å². The summed E-state index contributed by atoms with van der Waals surface area (Å²) in [6, 6.07) is 9.68. The molecule has 0 spiro atoms. The molecular weight excluding hydrogens is 375 g/mol. The Bertz CT molecular complexity index is 1020. The van der Waals surface area contributed by atoms with Gasteiger partial charge in [-0.25, -0.2) is 4.39 Å². The first-order chi connectivity index (χ1) is 13.7. The van der Waals surface area contributed by atoms with Crippen LogP contribution in [0.15, 0.2) is 42.0 Å². The molecule has 0 bridgehead atoms. The fraction of sp³-hybridized carbons (Fsp3) is 0.348. The number of benzene rings is 2. The van der Waals surface area contributed by atoms with Crippen LogP contribution >= 0.6 is 0 Å². The number of carbonyl (C=O) groups is 1. The summed E-state index contributed by atoms with van der Waals surface area (Å²) in [5.41, 5.74) is 4.07. The highest BCUT2D eigenvalue weighted by molar-refractivity contribution is 6.33. The first kappa shape index (κ1) is 19.8. The Morgan fingerprint density at radius 2 is 1.86 bits per heavy atom. The number of ether oxygens (including phenoxy) is 1. The number of aliphatic hydroxyl groups excluding tert-OH is 3. The molecule has 0 amide bonds. The Kier molecular flexibility index (Phi) is 4.81. The number of rotatable bonds is 5. The molecule has 2 aromatic carbocycles. The quantitative estimate of drug-likeness (QED) is 0.720. The molecule has 4 rings (SSSR count). The Morgan fingerprint density at radius 3 is 2.59 bits per heavy atom. The molecule has 29 heavy (non-hydrogen) atoms. The van der Waals surface area contributed by atoms with Crippen molar-refractivity contribution in [1.82, 2.24) is 0 Å². The van der Waals surface area contributed by atoms with Crippen molar-refractivity contribution < 1.29 is 29.2 Å². The summed E-state index contributed by atoms with van der Waals surface area (Å²) in [6.45, 7) is 3.32. The predicted octanol–water partition coefficient (Wildman–Crippen LogP) is 2.40. The highest BCUT2D eigenvalue weighted by atomic mass is 19.1. The minimum Gasteiger partial charge on any atom is -0.491 e. The number of Topliss-reactive ketones (excluding diaryl/α,β-unsaturated/α-hetero) is 1. The molecular formula is C23H23FO5. The van der Waals surface area contributed by atoms with Crippen molar-refractivity contribution in [2.24, 2.45) is 0 Å². The molecule has 152 valence electrons. The van der Waals surface area contributed by atoms with E-state index in [2.05, 4.69) is 0 Å². The SMILES string of the molecule is CC1(C)C2=C(C(=O)c3ccc(OC[C@@H](O)[C@H](O)CO)cc31)c1cc(F)ccc1C2. The molecule has 2 atom stereocenters. The molecule has 6 heteroatoms. The molecule has 0 heterocycles. The summed E-state index contributed by atoms with van der Waals surface area (Å²) in [5.74, 6) is -0.0262. The average Bonchev–Trinajstić information content (AvgIpc) is 3.09. The lowest BCUT2D eigenvalue weighted by atomic mass is 9.68. The molecule has 3 N–H and O–H groups in total. The Labute approximate surface area is 168 Å². The zero-order valence-corrected chi connectivity index (χ0v) is 16.3. The normalized spacial score (nSPS) is 18.8. The van der Waals surface area contributed by atoms with E-state index < -0.39 is 24.2 Å². The van der Waals surface area contributed by atoms with Crippen LogP contribution in [0.25, 0.3) is 5.57 Å². The number of hydrogen-bond acceptors (Lipinski definition) is 5. The molecule has 0 radical (unpaired) electrons. The third-order valence-electron chi connectivity index (χ3n) is 5.95. The van der Waals surface area contributed by atoms with Crippen molar-refractivity contribution in [2.75, 3.05) is 13.2 Å². The number of halogens is 1. The van der Waals surface area contributed by atoms with Crippen LogP contribution < -0.4 is 4.74 Å². The van der Waals surface area contributed by atoms with Crippen LogP contribution in [0.2, 0.25) is 0 Å². The second-order valence-corrected chi connectivity index (χ2v) is 8.12. The summed E-state index contributed by atoms with van der Waals surface area (Å²) in [7, 11) is 0. The topological polar surface area (TPSA) is 87.0 Å². The number of allylic oxidation sites excluding steroid dienone is 2. The minimum absolute atomic E-state index is 0.124. The van der Waals surface area contributed by atoms with Crippen LogP contribution in [0.3, 0.4) is 0 Å². The van der Waals surface area contributed by atoms with E-state index in [1.807, 2.05) is 13.8 Å². The van der Waals surface area contributed by atoms with Crippen LogP contribution in [-0.2, 0) is 11.8 Å². The van der Waals surface area contributed by atoms with Crippen molar-refractivity contribution in [3.8, 4) is 5.75 Å². The van der Waals surface area contributed by atoms with Crippen LogP contribution in [-0.4, -0.2) is 46.5 Å². The average molecular weight is 398 g/mol. The number of ketones is 1. The molecule has 2 aliphatic carbocycles. The molecule has 5 nitrogen and oxygen atoms in total. The lowest BCUT2D eigenvalue weighted by Gasteiger charge is -2.34. The first-order valence-corrected chi connectivity index (χ1v) is 9.55. The third kappa shape index (κ3) is 3.17. The van der Waals surface area contributed by atoms with Gasteiger partial charge in [0.15, 0.2) is 5.78 Å². The van der Waals surface area contributed by atoms with Crippen molar-refractivity contribution in [2.45, 2.75) is 37.9 Å². The van der Waals surface area contributed by atoms with E-state index in [0.717, 1.165) is 16.7 Å².